The lowest BCUT2D eigenvalue weighted by Crippen LogP contribution is -2.54. The van der Waals surface area contributed by atoms with Crippen molar-refractivity contribution in [2.45, 2.75) is 64.6 Å². The van der Waals surface area contributed by atoms with Crippen LogP contribution in [0.25, 0.3) is 0 Å². The Bertz CT molecular complexity index is 1250. The van der Waals surface area contributed by atoms with Gasteiger partial charge in [-0.05, 0) is 56.9 Å². The van der Waals surface area contributed by atoms with Crippen LogP contribution in [-0.4, -0.2) is 46.1 Å². The topological polar surface area (TPSA) is 122 Å². The number of imide groups is 2. The van der Waals surface area contributed by atoms with E-state index >= 15 is 0 Å². The molecule has 0 saturated carbocycles. The Labute approximate surface area is 209 Å². The van der Waals surface area contributed by atoms with E-state index in [1.165, 1.54) is 0 Å². The summed E-state index contributed by atoms with van der Waals surface area (Å²) in [6.45, 7) is 5.89. The molecule has 36 heavy (non-hydrogen) atoms. The molecule has 1 unspecified atom stereocenters. The van der Waals surface area contributed by atoms with E-state index in [1.54, 1.807) is 18.2 Å². The summed E-state index contributed by atoms with van der Waals surface area (Å²) in [7, 11) is 0. The number of esters is 1. The van der Waals surface area contributed by atoms with Crippen molar-refractivity contribution in [3.8, 4) is 0 Å². The summed E-state index contributed by atoms with van der Waals surface area (Å²) in [5.74, 6) is -2.41. The highest BCUT2D eigenvalue weighted by atomic mass is 16.6. The second-order valence-electron chi connectivity index (χ2n) is 9.94. The Morgan fingerprint density at radius 3 is 2.50 bits per heavy atom. The van der Waals surface area contributed by atoms with Gasteiger partial charge in [0.25, 0.3) is 11.8 Å². The second kappa shape index (κ2) is 9.93. The zero-order valence-corrected chi connectivity index (χ0v) is 20.6. The first-order valence-corrected chi connectivity index (χ1v) is 11.9. The largest absolute Gasteiger partial charge is 0.460 e. The van der Waals surface area contributed by atoms with Crippen LogP contribution in [0.1, 0.15) is 71.9 Å². The van der Waals surface area contributed by atoms with Crippen molar-refractivity contribution in [2.75, 3.05) is 5.32 Å². The number of carbonyl (C=O) groups excluding carboxylic acids is 5. The molecular formula is C27H29N3O6. The van der Waals surface area contributed by atoms with Crippen molar-refractivity contribution in [3.63, 3.8) is 0 Å². The minimum absolute atomic E-state index is 0.0686. The molecule has 2 aromatic rings. The highest BCUT2D eigenvalue weighted by Gasteiger charge is 2.45. The molecule has 0 spiro atoms. The van der Waals surface area contributed by atoms with Crippen molar-refractivity contribution in [2.24, 2.45) is 0 Å². The number of fused-ring (bicyclic) bond motifs is 1. The minimum Gasteiger partial charge on any atom is -0.460 e. The van der Waals surface area contributed by atoms with Gasteiger partial charge in [-0.25, -0.2) is 0 Å². The summed E-state index contributed by atoms with van der Waals surface area (Å²) in [6, 6.07) is 11.7. The zero-order chi connectivity index (χ0) is 26.0. The molecule has 0 aliphatic carbocycles. The van der Waals surface area contributed by atoms with Crippen LogP contribution in [0.5, 0.6) is 0 Å². The smallest absolute Gasteiger partial charge is 0.306 e. The third-order valence-corrected chi connectivity index (χ3v) is 5.98. The average Bonchev–Trinajstić information content (AvgIpc) is 3.06. The Kier molecular flexibility index (Phi) is 6.92. The number of hydrogen-bond donors (Lipinski definition) is 2. The number of nitrogens with one attached hydrogen (secondary N) is 2. The van der Waals surface area contributed by atoms with Crippen LogP contribution in [0.2, 0.25) is 0 Å². The van der Waals surface area contributed by atoms with Gasteiger partial charge in [-0.3, -0.25) is 34.2 Å². The van der Waals surface area contributed by atoms with Crippen molar-refractivity contribution < 1.29 is 28.7 Å². The fraction of sp³-hybridized carbons (Fsp3) is 0.370. The maximum atomic E-state index is 13.2. The Hall–Kier alpha value is -4.01. The van der Waals surface area contributed by atoms with E-state index in [9.17, 15) is 24.0 Å². The molecule has 9 heteroatoms. The fourth-order valence-corrected chi connectivity index (χ4v) is 4.39. The number of nitrogens with zero attached hydrogens (tertiary/aromatic N) is 1. The number of benzene rings is 2. The van der Waals surface area contributed by atoms with Gasteiger partial charge >= 0.3 is 5.97 Å². The molecule has 0 aromatic heterocycles. The fourth-order valence-electron chi connectivity index (χ4n) is 4.39. The van der Waals surface area contributed by atoms with Crippen LogP contribution in [0.3, 0.4) is 0 Å². The maximum Gasteiger partial charge on any atom is 0.306 e. The molecule has 2 aliphatic rings. The van der Waals surface area contributed by atoms with E-state index in [0.29, 0.717) is 18.7 Å². The number of aryl methyl sites for hydroxylation is 1. The van der Waals surface area contributed by atoms with Gasteiger partial charge in [-0.15, -0.1) is 0 Å². The van der Waals surface area contributed by atoms with Gasteiger partial charge in [0, 0.05) is 25.1 Å². The number of anilines is 1. The molecule has 0 bridgehead atoms. The summed E-state index contributed by atoms with van der Waals surface area (Å²) < 4.78 is 5.36. The third kappa shape index (κ3) is 5.45. The van der Waals surface area contributed by atoms with Crippen LogP contribution in [0, 0.1) is 0 Å². The summed E-state index contributed by atoms with van der Waals surface area (Å²) >= 11 is 0. The summed E-state index contributed by atoms with van der Waals surface area (Å²) in [5, 5.41) is 5.43. The molecule has 2 aromatic carbocycles. The monoisotopic (exact) mass is 491 g/mol. The molecule has 0 radical (unpaired) electrons. The lowest BCUT2D eigenvalue weighted by Gasteiger charge is -2.27. The Morgan fingerprint density at radius 2 is 1.78 bits per heavy atom. The van der Waals surface area contributed by atoms with Crippen LogP contribution in [0.4, 0.5) is 5.69 Å². The van der Waals surface area contributed by atoms with Crippen LogP contribution >= 0.6 is 0 Å². The van der Waals surface area contributed by atoms with E-state index < -0.39 is 35.3 Å². The van der Waals surface area contributed by atoms with Gasteiger partial charge in [0.2, 0.25) is 11.8 Å². The number of piperidine rings is 1. The average molecular weight is 492 g/mol. The van der Waals surface area contributed by atoms with Gasteiger partial charge in [-0.1, -0.05) is 30.3 Å². The van der Waals surface area contributed by atoms with E-state index in [4.69, 9.17) is 4.74 Å². The first kappa shape index (κ1) is 25.1. The highest BCUT2D eigenvalue weighted by molar-refractivity contribution is 6.25. The molecule has 9 nitrogen and oxygen atoms in total. The van der Waals surface area contributed by atoms with Crippen molar-refractivity contribution in [1.29, 1.82) is 0 Å². The van der Waals surface area contributed by atoms with Crippen molar-refractivity contribution in [3.05, 3.63) is 64.7 Å². The number of ether oxygens (including phenoxy) is 1. The molecule has 1 fully saturated rings. The lowest BCUT2D eigenvalue weighted by atomic mass is 10.0. The zero-order valence-electron chi connectivity index (χ0n) is 20.6. The van der Waals surface area contributed by atoms with Gasteiger partial charge in [0.05, 0.1) is 11.1 Å². The quantitative estimate of drug-likeness (QED) is 0.451. The van der Waals surface area contributed by atoms with Crippen LogP contribution in [0.15, 0.2) is 42.5 Å². The number of rotatable bonds is 7. The predicted molar refractivity (Wildman–Crippen MR) is 131 cm³/mol. The van der Waals surface area contributed by atoms with Crippen molar-refractivity contribution >= 4 is 35.3 Å². The number of hydrogen-bond acceptors (Lipinski definition) is 7. The van der Waals surface area contributed by atoms with Crippen LogP contribution in [-0.2, 0) is 32.1 Å². The predicted octanol–water partition coefficient (Wildman–Crippen LogP) is 2.97. The minimum atomic E-state index is -1.01. The Morgan fingerprint density at radius 1 is 1.06 bits per heavy atom. The molecule has 4 rings (SSSR count). The Balaban J connectivity index is 1.44. The molecule has 1 saturated heterocycles. The van der Waals surface area contributed by atoms with E-state index in [0.717, 1.165) is 16.0 Å². The maximum absolute atomic E-state index is 13.2. The first-order chi connectivity index (χ1) is 17.0. The molecule has 1 atom stereocenters. The van der Waals surface area contributed by atoms with Crippen molar-refractivity contribution in [1.82, 2.24) is 10.2 Å². The third-order valence-electron chi connectivity index (χ3n) is 5.98. The van der Waals surface area contributed by atoms with E-state index in [2.05, 4.69) is 10.6 Å². The van der Waals surface area contributed by atoms with Gasteiger partial charge < -0.3 is 10.1 Å². The molecule has 188 valence electrons. The summed E-state index contributed by atoms with van der Waals surface area (Å²) in [6.07, 6.45) is 0.985. The summed E-state index contributed by atoms with van der Waals surface area (Å²) in [4.78, 5) is 63.0. The molecule has 2 aliphatic heterocycles. The molecule has 2 N–H and O–H groups in total. The number of amides is 4. The van der Waals surface area contributed by atoms with Gasteiger partial charge in [0.1, 0.15) is 11.6 Å². The standard InChI is InChI=1S/C27H29N3O6/c1-27(2,3)36-22(32)13-10-16-6-4-7-17(14-16)15-28-19-9-5-8-18-23(19)26(35)30(25(18)34)20-11-12-21(31)29-24(20)33/h4-9,14,20,28H,10-13,15H2,1-3H3,(H,29,31,33). The SMILES string of the molecule is CC(C)(C)OC(=O)CCc1cccc(CNc2cccc3c2C(=O)N(C2CCC(=O)NC2=O)C3=O)c1. The van der Waals surface area contributed by atoms with Gasteiger partial charge in [0.15, 0.2) is 0 Å². The normalized spacial score (nSPS) is 17.6. The first-order valence-electron chi connectivity index (χ1n) is 11.9. The highest BCUT2D eigenvalue weighted by Crippen LogP contribution is 2.32. The second-order valence-corrected chi connectivity index (χ2v) is 9.94. The van der Waals surface area contributed by atoms with E-state index in [-0.39, 0.29) is 36.4 Å². The molecule has 4 amide bonds. The van der Waals surface area contributed by atoms with E-state index in [1.807, 2.05) is 45.0 Å². The molecule has 2 heterocycles. The summed E-state index contributed by atoms with van der Waals surface area (Å²) in [5.41, 5.74) is 2.32. The van der Waals surface area contributed by atoms with Gasteiger partial charge in [-0.2, -0.15) is 0 Å². The lowest BCUT2D eigenvalue weighted by molar-refractivity contribution is -0.154. The molecular weight excluding hydrogens is 462 g/mol. The van der Waals surface area contributed by atoms with Crippen LogP contribution < -0.4 is 10.6 Å². The number of carbonyl (C=O) groups is 5.